The number of aliphatic hydroxyl groups excluding tert-OH is 1. The number of nitrogens with one attached hydrogen (secondary N) is 2. The van der Waals surface area contributed by atoms with E-state index in [-0.39, 0.29) is 5.70 Å². The Hall–Kier alpha value is -1.64. The van der Waals surface area contributed by atoms with Crippen LogP contribution in [-0.2, 0) is 4.79 Å². The Bertz CT molecular complexity index is 418. The minimum absolute atomic E-state index is 0.00161. The van der Waals surface area contributed by atoms with E-state index in [4.69, 9.17) is 17.3 Å². The summed E-state index contributed by atoms with van der Waals surface area (Å²) in [5, 5.41) is 23.7. The van der Waals surface area contributed by atoms with E-state index in [2.05, 4.69) is 10.9 Å². The molecule has 8 heteroatoms. The quantitative estimate of drug-likeness (QED) is 0.461. The number of hydrogen-bond donors (Lipinski definition) is 4. The summed E-state index contributed by atoms with van der Waals surface area (Å²) >= 11 is 5.01. The van der Waals surface area contributed by atoms with Crippen LogP contribution < -0.4 is 10.9 Å². The van der Waals surface area contributed by atoms with Crippen LogP contribution in [0.4, 0.5) is 0 Å². The number of hydrazine groups is 2. The fourth-order valence-corrected chi connectivity index (χ4v) is 1.57. The van der Waals surface area contributed by atoms with Gasteiger partial charge < -0.3 is 15.5 Å². The van der Waals surface area contributed by atoms with Crippen molar-refractivity contribution in [3.63, 3.8) is 0 Å². The highest BCUT2D eigenvalue weighted by Crippen LogP contribution is 2.17. The van der Waals surface area contributed by atoms with Crippen LogP contribution in [0.3, 0.4) is 0 Å². The van der Waals surface area contributed by atoms with Gasteiger partial charge in [0.25, 0.3) is 0 Å². The minimum atomic E-state index is -1.08. The van der Waals surface area contributed by atoms with Crippen molar-refractivity contribution in [1.82, 2.24) is 20.9 Å². The topological polar surface area (TPSA) is 88.1 Å². The number of hydrogen-bond acceptors (Lipinski definition) is 6. The Morgan fingerprint density at radius 1 is 1.62 bits per heavy atom. The zero-order valence-corrected chi connectivity index (χ0v) is 9.15. The maximum absolute atomic E-state index is 10.8. The van der Waals surface area contributed by atoms with Gasteiger partial charge in [0.15, 0.2) is 0 Å². The molecule has 0 spiro atoms. The Balaban J connectivity index is 2.25. The van der Waals surface area contributed by atoms with E-state index in [0.29, 0.717) is 10.8 Å². The molecule has 0 saturated heterocycles. The first kappa shape index (κ1) is 10.9. The van der Waals surface area contributed by atoms with E-state index >= 15 is 0 Å². The summed E-state index contributed by atoms with van der Waals surface area (Å²) in [6.07, 6.45) is 2.11. The molecule has 2 aliphatic rings. The van der Waals surface area contributed by atoms with Crippen LogP contribution in [0.25, 0.3) is 0 Å². The summed E-state index contributed by atoms with van der Waals surface area (Å²) in [6, 6.07) is 0. The molecule has 0 bridgehead atoms. The van der Waals surface area contributed by atoms with Gasteiger partial charge in [0.05, 0.1) is 6.20 Å². The first-order valence-electron chi connectivity index (χ1n) is 4.49. The summed E-state index contributed by atoms with van der Waals surface area (Å²) in [7, 11) is 0. The highest BCUT2D eigenvalue weighted by molar-refractivity contribution is 7.80. The van der Waals surface area contributed by atoms with Crippen LogP contribution in [0.2, 0.25) is 0 Å². The molecule has 2 rings (SSSR count). The maximum atomic E-state index is 10.8. The number of aliphatic hydroxyl groups is 1. The molecule has 0 amide bonds. The second-order valence-corrected chi connectivity index (χ2v) is 3.73. The third-order valence-corrected chi connectivity index (χ3v) is 2.40. The van der Waals surface area contributed by atoms with E-state index in [1.54, 1.807) is 6.92 Å². The molecular formula is C8H10N4O3S. The van der Waals surface area contributed by atoms with Gasteiger partial charge >= 0.3 is 5.97 Å². The average Bonchev–Trinajstić information content (AvgIpc) is 2.61. The van der Waals surface area contributed by atoms with Crippen LogP contribution in [-0.4, -0.2) is 37.4 Å². The Morgan fingerprint density at radius 2 is 2.31 bits per heavy atom. The van der Waals surface area contributed by atoms with Gasteiger partial charge in [0.2, 0.25) is 0 Å². The van der Waals surface area contributed by atoms with Crippen molar-refractivity contribution < 1.29 is 15.0 Å². The van der Waals surface area contributed by atoms with Crippen LogP contribution >= 0.6 is 12.2 Å². The third-order valence-electron chi connectivity index (χ3n) is 2.10. The van der Waals surface area contributed by atoms with Gasteiger partial charge in [-0.15, -0.1) is 5.53 Å². The second kappa shape index (κ2) is 3.74. The summed E-state index contributed by atoms with van der Waals surface area (Å²) in [5.41, 5.74) is 2.79. The molecule has 0 aliphatic carbocycles. The number of fused-ring (bicyclic) bond motifs is 1. The van der Waals surface area contributed by atoms with Crippen molar-refractivity contribution in [3.05, 3.63) is 23.8 Å². The summed E-state index contributed by atoms with van der Waals surface area (Å²) in [4.78, 5) is 11.1. The number of carbonyl (C=O) groups is 1. The lowest BCUT2D eigenvalue weighted by Gasteiger charge is -2.28. The lowest BCUT2D eigenvalue weighted by atomic mass is 10.3. The maximum Gasteiger partial charge on any atom is 0.352 e. The summed E-state index contributed by atoms with van der Waals surface area (Å²) < 4.78 is 0. The summed E-state index contributed by atoms with van der Waals surface area (Å²) in [6.45, 7) is 1.57. The van der Waals surface area contributed by atoms with Crippen molar-refractivity contribution >= 4 is 23.2 Å². The van der Waals surface area contributed by atoms with E-state index in [1.807, 2.05) is 0 Å². The van der Waals surface area contributed by atoms with Crippen LogP contribution in [0.5, 0.6) is 0 Å². The van der Waals surface area contributed by atoms with Crippen molar-refractivity contribution in [2.75, 3.05) is 0 Å². The van der Waals surface area contributed by atoms with Gasteiger partial charge in [-0.05, 0) is 6.92 Å². The van der Waals surface area contributed by atoms with Crippen molar-refractivity contribution in [2.45, 2.75) is 13.2 Å². The molecule has 0 aromatic rings. The number of carboxylic acid groups (broad SMARTS) is 1. The molecule has 0 unspecified atom stereocenters. The SMILES string of the molecule is C[C@H](O)N1C=C2NC(C(=O)O)=CC(=S)N2N1. The second-order valence-electron chi connectivity index (χ2n) is 3.32. The standard InChI is InChI=1S/C8H10N4O3S/c1-4(13)11-3-6-9-5(8(14)15)2-7(16)12(6)10-11/h2-4,9-10,13H,1H3,(H,14,15)/t4-/m0/s1. The van der Waals surface area contributed by atoms with Gasteiger partial charge in [0.1, 0.15) is 22.7 Å². The molecular weight excluding hydrogens is 232 g/mol. The average molecular weight is 242 g/mol. The first-order valence-corrected chi connectivity index (χ1v) is 4.90. The van der Waals surface area contributed by atoms with Crippen molar-refractivity contribution in [2.24, 2.45) is 0 Å². The fourth-order valence-electron chi connectivity index (χ4n) is 1.31. The molecule has 0 fully saturated rings. The van der Waals surface area contributed by atoms with E-state index < -0.39 is 12.2 Å². The monoisotopic (exact) mass is 242 g/mol. The van der Waals surface area contributed by atoms with Crippen molar-refractivity contribution in [1.29, 1.82) is 0 Å². The highest BCUT2D eigenvalue weighted by atomic mass is 32.1. The predicted molar refractivity (Wildman–Crippen MR) is 58.0 cm³/mol. The number of nitrogens with zero attached hydrogens (tertiary/aromatic N) is 2. The van der Waals surface area contributed by atoms with Crippen LogP contribution in [0.15, 0.2) is 23.8 Å². The largest absolute Gasteiger partial charge is 0.477 e. The molecule has 2 heterocycles. The van der Waals surface area contributed by atoms with Gasteiger partial charge in [0, 0.05) is 6.08 Å². The van der Waals surface area contributed by atoms with Gasteiger partial charge in [-0.2, -0.15) is 0 Å². The van der Waals surface area contributed by atoms with E-state index in [9.17, 15) is 9.90 Å². The Kier molecular flexibility index (Phi) is 2.54. The Labute approximate surface area is 96.6 Å². The smallest absolute Gasteiger partial charge is 0.352 e. The predicted octanol–water partition coefficient (Wildman–Crippen LogP) is -0.940. The first-order chi connectivity index (χ1) is 7.49. The molecule has 7 nitrogen and oxygen atoms in total. The third kappa shape index (κ3) is 1.73. The zero-order chi connectivity index (χ0) is 11.9. The molecule has 16 heavy (non-hydrogen) atoms. The molecule has 0 aromatic heterocycles. The number of rotatable bonds is 2. The molecule has 2 aliphatic heterocycles. The molecule has 1 atom stereocenters. The van der Waals surface area contributed by atoms with E-state index in [1.165, 1.54) is 22.3 Å². The highest BCUT2D eigenvalue weighted by Gasteiger charge is 2.30. The lowest BCUT2D eigenvalue weighted by molar-refractivity contribution is -0.133. The zero-order valence-electron chi connectivity index (χ0n) is 8.34. The normalized spacial score (nSPS) is 21.0. The van der Waals surface area contributed by atoms with E-state index in [0.717, 1.165) is 0 Å². The number of thiocarbonyl (C=S) groups is 1. The molecule has 0 saturated carbocycles. The fraction of sp³-hybridized carbons (Fsp3) is 0.250. The van der Waals surface area contributed by atoms with Gasteiger partial charge in [-0.3, -0.25) is 5.01 Å². The van der Waals surface area contributed by atoms with Crippen LogP contribution in [0, 0.1) is 0 Å². The van der Waals surface area contributed by atoms with Gasteiger partial charge in [-0.25, -0.2) is 9.80 Å². The lowest BCUT2D eigenvalue weighted by Crippen LogP contribution is -2.49. The molecule has 0 aromatic carbocycles. The van der Waals surface area contributed by atoms with Crippen LogP contribution in [0.1, 0.15) is 6.92 Å². The molecule has 86 valence electrons. The minimum Gasteiger partial charge on any atom is -0.477 e. The van der Waals surface area contributed by atoms with Gasteiger partial charge in [-0.1, -0.05) is 12.2 Å². The number of aliphatic carboxylic acids is 1. The Morgan fingerprint density at radius 3 is 2.88 bits per heavy atom. The van der Waals surface area contributed by atoms with Crippen molar-refractivity contribution in [3.8, 4) is 0 Å². The number of carboxylic acids is 1. The molecule has 0 radical (unpaired) electrons. The summed E-state index contributed by atoms with van der Waals surface area (Å²) in [5.74, 6) is -0.621. The molecule has 4 N–H and O–H groups in total.